The van der Waals surface area contributed by atoms with Crippen LogP contribution in [-0.4, -0.2) is 10.9 Å². The molecule has 0 aliphatic carbocycles. The molecule has 22 heavy (non-hydrogen) atoms. The van der Waals surface area contributed by atoms with Gasteiger partial charge in [-0.05, 0) is 48.9 Å². The number of aryl methyl sites for hydroxylation is 1. The molecule has 3 heteroatoms. The second-order valence-corrected chi connectivity index (χ2v) is 6.27. The quantitative estimate of drug-likeness (QED) is 0.892. The molecule has 0 aliphatic rings. The third kappa shape index (κ3) is 4.42. The molecule has 1 aromatic heterocycles. The molecular weight excluding hydrogens is 272 g/mol. The Bertz CT molecular complexity index is 615. The van der Waals surface area contributed by atoms with Gasteiger partial charge in [-0.25, -0.2) is 4.98 Å². The topological polar surface area (TPSA) is 42.0 Å². The van der Waals surface area contributed by atoms with E-state index in [1.54, 1.807) is 6.20 Å². The van der Waals surface area contributed by atoms with Gasteiger partial charge in [-0.15, -0.1) is 0 Å². The Morgan fingerprint density at radius 3 is 2.32 bits per heavy atom. The summed E-state index contributed by atoms with van der Waals surface area (Å²) < 4.78 is 0. The van der Waals surface area contributed by atoms with Crippen LogP contribution in [0.25, 0.3) is 0 Å². The lowest BCUT2D eigenvalue weighted by Gasteiger charge is -2.13. The summed E-state index contributed by atoms with van der Waals surface area (Å²) in [6.07, 6.45) is 2.81. The maximum atomic E-state index is 12.3. The number of hydrogen-bond acceptors (Lipinski definition) is 2. The van der Waals surface area contributed by atoms with Crippen molar-refractivity contribution in [3.05, 3.63) is 59.3 Å². The van der Waals surface area contributed by atoms with E-state index in [0.29, 0.717) is 11.7 Å². The van der Waals surface area contributed by atoms with Gasteiger partial charge in [0, 0.05) is 6.20 Å². The minimum absolute atomic E-state index is 0.0343. The first kappa shape index (κ1) is 16.2. The van der Waals surface area contributed by atoms with Crippen LogP contribution in [0.2, 0.25) is 0 Å². The van der Waals surface area contributed by atoms with Crippen molar-refractivity contribution in [3.8, 4) is 0 Å². The van der Waals surface area contributed by atoms with Gasteiger partial charge in [-0.2, -0.15) is 0 Å². The van der Waals surface area contributed by atoms with E-state index in [-0.39, 0.29) is 11.8 Å². The Morgan fingerprint density at radius 2 is 1.77 bits per heavy atom. The van der Waals surface area contributed by atoms with Crippen LogP contribution in [0.15, 0.2) is 42.6 Å². The number of nitrogens with one attached hydrogen (secondary N) is 1. The number of aromatic nitrogens is 1. The largest absolute Gasteiger partial charge is 0.310 e. The van der Waals surface area contributed by atoms with E-state index in [2.05, 4.69) is 36.3 Å². The molecular formula is C19H24N2O. The van der Waals surface area contributed by atoms with E-state index < -0.39 is 0 Å². The molecule has 0 aliphatic heterocycles. The zero-order valence-electron chi connectivity index (χ0n) is 13.8. The van der Waals surface area contributed by atoms with Crippen LogP contribution >= 0.6 is 0 Å². The predicted molar refractivity (Wildman–Crippen MR) is 91.0 cm³/mol. The number of rotatable bonds is 5. The summed E-state index contributed by atoms with van der Waals surface area (Å²) in [5.41, 5.74) is 3.41. The first-order valence-corrected chi connectivity index (χ1v) is 7.78. The molecule has 2 aromatic rings. The highest BCUT2D eigenvalue weighted by Gasteiger charge is 2.15. The van der Waals surface area contributed by atoms with Gasteiger partial charge in [0.05, 0.1) is 5.92 Å². The molecule has 0 spiro atoms. The maximum Gasteiger partial charge on any atom is 0.232 e. The Kier molecular flexibility index (Phi) is 5.31. The summed E-state index contributed by atoms with van der Waals surface area (Å²) in [7, 11) is 0. The summed E-state index contributed by atoms with van der Waals surface area (Å²) in [4.78, 5) is 16.5. The Balaban J connectivity index is 2.02. The normalized spacial score (nSPS) is 12.2. The first-order valence-electron chi connectivity index (χ1n) is 7.78. The average Bonchev–Trinajstić information content (AvgIpc) is 2.49. The zero-order chi connectivity index (χ0) is 16.1. The smallest absolute Gasteiger partial charge is 0.232 e. The van der Waals surface area contributed by atoms with E-state index in [1.165, 1.54) is 5.56 Å². The molecule has 1 atom stereocenters. The Hall–Kier alpha value is -2.16. The van der Waals surface area contributed by atoms with Crippen molar-refractivity contribution in [1.29, 1.82) is 0 Å². The van der Waals surface area contributed by atoms with E-state index >= 15 is 0 Å². The second-order valence-electron chi connectivity index (χ2n) is 6.27. The molecule has 1 heterocycles. The fraction of sp³-hybridized carbons (Fsp3) is 0.368. The van der Waals surface area contributed by atoms with Gasteiger partial charge in [0.2, 0.25) is 5.91 Å². The van der Waals surface area contributed by atoms with Gasteiger partial charge in [0.1, 0.15) is 5.82 Å². The molecule has 1 amide bonds. The highest BCUT2D eigenvalue weighted by atomic mass is 16.1. The van der Waals surface area contributed by atoms with Gasteiger partial charge >= 0.3 is 0 Å². The van der Waals surface area contributed by atoms with E-state index in [0.717, 1.165) is 17.5 Å². The van der Waals surface area contributed by atoms with Crippen LogP contribution in [0, 0.1) is 12.8 Å². The lowest BCUT2D eigenvalue weighted by Crippen LogP contribution is -2.19. The van der Waals surface area contributed by atoms with Crippen LogP contribution in [0.1, 0.15) is 43.4 Å². The van der Waals surface area contributed by atoms with Crippen molar-refractivity contribution in [2.24, 2.45) is 5.92 Å². The standard InChI is InChI=1S/C19H24N2O/c1-13(2)11-16-6-8-17(9-7-16)15(4)19(22)21-18-10-5-14(3)12-20-18/h5-10,12-13,15H,11H2,1-4H3,(H,20,21,22). The number of amides is 1. The lowest BCUT2D eigenvalue weighted by atomic mass is 9.96. The molecule has 116 valence electrons. The highest BCUT2D eigenvalue weighted by Crippen LogP contribution is 2.19. The van der Waals surface area contributed by atoms with Gasteiger partial charge < -0.3 is 5.32 Å². The van der Waals surface area contributed by atoms with Crippen LogP contribution in [0.5, 0.6) is 0 Å². The Morgan fingerprint density at radius 1 is 1.09 bits per heavy atom. The monoisotopic (exact) mass is 296 g/mol. The summed E-state index contributed by atoms with van der Waals surface area (Å²) in [6.45, 7) is 8.30. The highest BCUT2D eigenvalue weighted by molar-refractivity contribution is 5.94. The summed E-state index contributed by atoms with van der Waals surface area (Å²) >= 11 is 0. The number of nitrogens with zero attached hydrogens (tertiary/aromatic N) is 1. The van der Waals surface area contributed by atoms with E-state index in [9.17, 15) is 4.79 Å². The number of carbonyl (C=O) groups excluding carboxylic acids is 1. The molecule has 0 saturated heterocycles. The molecule has 0 saturated carbocycles. The third-order valence-electron chi connectivity index (χ3n) is 3.68. The Labute approximate surface area is 132 Å². The number of hydrogen-bond donors (Lipinski definition) is 1. The zero-order valence-corrected chi connectivity index (χ0v) is 13.8. The van der Waals surface area contributed by atoms with Crippen LogP contribution in [-0.2, 0) is 11.2 Å². The van der Waals surface area contributed by atoms with Gasteiger partial charge in [0.15, 0.2) is 0 Å². The second kappa shape index (κ2) is 7.21. The molecule has 0 radical (unpaired) electrons. The molecule has 0 fully saturated rings. The van der Waals surface area contributed by atoms with Crippen molar-refractivity contribution < 1.29 is 4.79 Å². The number of pyridine rings is 1. The maximum absolute atomic E-state index is 12.3. The van der Waals surface area contributed by atoms with Crippen molar-refractivity contribution in [2.75, 3.05) is 5.32 Å². The average molecular weight is 296 g/mol. The lowest BCUT2D eigenvalue weighted by molar-refractivity contribution is -0.117. The number of carbonyl (C=O) groups is 1. The van der Waals surface area contributed by atoms with Crippen molar-refractivity contribution in [3.63, 3.8) is 0 Å². The number of anilines is 1. The minimum Gasteiger partial charge on any atom is -0.310 e. The number of benzene rings is 1. The summed E-state index contributed by atoms with van der Waals surface area (Å²) in [5, 5.41) is 2.86. The molecule has 0 bridgehead atoms. The van der Waals surface area contributed by atoms with Crippen molar-refractivity contribution >= 4 is 11.7 Å². The molecule has 1 aromatic carbocycles. The van der Waals surface area contributed by atoms with Crippen molar-refractivity contribution in [1.82, 2.24) is 4.98 Å². The molecule has 2 rings (SSSR count). The van der Waals surface area contributed by atoms with Gasteiger partial charge in [-0.3, -0.25) is 4.79 Å². The minimum atomic E-state index is -0.198. The van der Waals surface area contributed by atoms with E-state index in [4.69, 9.17) is 0 Å². The van der Waals surface area contributed by atoms with Crippen LogP contribution < -0.4 is 5.32 Å². The summed E-state index contributed by atoms with van der Waals surface area (Å²) in [5.74, 6) is 1.00. The molecule has 1 unspecified atom stereocenters. The predicted octanol–water partition coefficient (Wildman–Crippen LogP) is 4.33. The van der Waals surface area contributed by atoms with Gasteiger partial charge in [-0.1, -0.05) is 44.2 Å². The van der Waals surface area contributed by atoms with Crippen molar-refractivity contribution in [2.45, 2.75) is 40.0 Å². The molecule has 3 nitrogen and oxygen atoms in total. The van der Waals surface area contributed by atoms with Gasteiger partial charge in [0.25, 0.3) is 0 Å². The third-order valence-corrected chi connectivity index (χ3v) is 3.68. The van der Waals surface area contributed by atoms with E-state index in [1.807, 2.05) is 38.1 Å². The fourth-order valence-corrected chi connectivity index (χ4v) is 2.34. The van der Waals surface area contributed by atoms with Crippen LogP contribution in [0.3, 0.4) is 0 Å². The summed E-state index contributed by atoms with van der Waals surface area (Å²) in [6, 6.07) is 12.1. The molecule has 1 N–H and O–H groups in total. The van der Waals surface area contributed by atoms with Crippen LogP contribution in [0.4, 0.5) is 5.82 Å². The first-order chi connectivity index (χ1) is 10.5. The fourth-order valence-electron chi connectivity index (χ4n) is 2.34. The SMILES string of the molecule is Cc1ccc(NC(=O)C(C)c2ccc(CC(C)C)cc2)nc1.